The second kappa shape index (κ2) is 5.62. The number of aromatic nitrogens is 3. The summed E-state index contributed by atoms with van der Waals surface area (Å²) in [6.07, 6.45) is 4.32. The molecule has 0 atom stereocenters. The lowest BCUT2D eigenvalue weighted by Crippen LogP contribution is -1.96. The smallest absolute Gasteiger partial charge is 0.163 e. The molecule has 5 nitrogen and oxygen atoms in total. The maximum atomic E-state index is 11.3. The van der Waals surface area contributed by atoms with Crippen LogP contribution < -0.4 is 5.73 Å². The van der Waals surface area contributed by atoms with Crippen LogP contribution in [-0.4, -0.2) is 20.9 Å². The Labute approximate surface area is 138 Å². The molecule has 0 aliphatic heterocycles. The van der Waals surface area contributed by atoms with E-state index >= 15 is 0 Å². The highest BCUT2D eigenvalue weighted by molar-refractivity contribution is 5.91. The van der Waals surface area contributed by atoms with Crippen LogP contribution in [0.2, 0.25) is 0 Å². The van der Waals surface area contributed by atoms with E-state index < -0.39 is 0 Å². The van der Waals surface area contributed by atoms with Crippen LogP contribution in [0.4, 0.5) is 5.69 Å². The van der Waals surface area contributed by atoms with Gasteiger partial charge in [0.15, 0.2) is 11.9 Å². The van der Waals surface area contributed by atoms with Crippen LogP contribution in [0.1, 0.15) is 10.4 Å². The highest BCUT2D eigenvalue weighted by atomic mass is 16.1. The molecular weight excluding hydrogens is 300 g/mol. The number of benzene rings is 2. The second-order valence-electron chi connectivity index (χ2n) is 5.45. The van der Waals surface area contributed by atoms with Gasteiger partial charge in [0.05, 0.1) is 11.9 Å². The Bertz CT molecular complexity index is 1050. The topological polar surface area (TPSA) is 73.3 Å². The van der Waals surface area contributed by atoms with Crippen molar-refractivity contribution in [3.8, 4) is 22.4 Å². The van der Waals surface area contributed by atoms with E-state index in [1.165, 1.54) is 0 Å². The minimum atomic E-state index is 0.614. The fraction of sp³-hybridized carbons (Fsp3) is 0. The monoisotopic (exact) mass is 314 g/mol. The van der Waals surface area contributed by atoms with Crippen LogP contribution in [0.15, 0.2) is 67.0 Å². The molecule has 0 amide bonds. The Balaban J connectivity index is 1.96. The van der Waals surface area contributed by atoms with Gasteiger partial charge in [-0.15, -0.1) is 0 Å². The first-order valence-corrected chi connectivity index (χ1v) is 7.51. The first kappa shape index (κ1) is 14.1. The molecule has 0 unspecified atom stereocenters. The van der Waals surface area contributed by atoms with Gasteiger partial charge in [-0.1, -0.05) is 36.4 Å². The lowest BCUT2D eigenvalue weighted by Gasteiger charge is -2.06. The third kappa shape index (κ3) is 2.23. The first-order chi connectivity index (χ1) is 11.8. The zero-order valence-corrected chi connectivity index (χ0v) is 12.8. The number of aldehydes is 1. The summed E-state index contributed by atoms with van der Waals surface area (Å²) in [6.45, 7) is 0. The van der Waals surface area contributed by atoms with Crippen molar-refractivity contribution < 1.29 is 4.79 Å². The minimum absolute atomic E-state index is 0.614. The number of carbonyl (C=O) groups is 1. The SMILES string of the molecule is Nc1cccc(-c2ccnc3c(-c4ccccc4C=O)cnn23)c1. The number of hydrogen-bond donors (Lipinski definition) is 1. The van der Waals surface area contributed by atoms with Gasteiger partial charge in [0.1, 0.15) is 0 Å². The fourth-order valence-corrected chi connectivity index (χ4v) is 2.84. The number of anilines is 1. The molecule has 0 radical (unpaired) electrons. The summed E-state index contributed by atoms with van der Waals surface area (Å²) >= 11 is 0. The number of nitrogens with zero attached hydrogens (tertiary/aromatic N) is 3. The summed E-state index contributed by atoms with van der Waals surface area (Å²) in [5, 5.41) is 4.47. The van der Waals surface area contributed by atoms with Crippen molar-refractivity contribution >= 4 is 17.6 Å². The molecular formula is C19H14N4O. The lowest BCUT2D eigenvalue weighted by molar-refractivity contribution is 0.112. The standard InChI is InChI=1S/C19H14N4O/c20-15-6-3-5-13(10-15)18-8-9-21-19-17(11-22-23(18)19)16-7-2-1-4-14(16)12-24/h1-12H,20H2. The summed E-state index contributed by atoms with van der Waals surface area (Å²) < 4.78 is 1.77. The highest BCUT2D eigenvalue weighted by Gasteiger charge is 2.14. The Morgan fingerprint density at radius 3 is 2.71 bits per heavy atom. The molecule has 4 aromatic rings. The van der Waals surface area contributed by atoms with Crippen molar-refractivity contribution in [3.05, 3.63) is 72.6 Å². The zero-order valence-electron chi connectivity index (χ0n) is 12.8. The Morgan fingerprint density at radius 2 is 1.88 bits per heavy atom. The Morgan fingerprint density at radius 1 is 1.00 bits per heavy atom. The van der Waals surface area contributed by atoms with Crippen LogP contribution in [-0.2, 0) is 0 Å². The Hall–Kier alpha value is -3.47. The normalized spacial score (nSPS) is 10.8. The molecule has 0 aliphatic carbocycles. The van der Waals surface area contributed by atoms with Gasteiger partial charge in [0.2, 0.25) is 0 Å². The number of nitrogens with two attached hydrogens (primary N) is 1. The van der Waals surface area contributed by atoms with Crippen LogP contribution in [0.3, 0.4) is 0 Å². The fourth-order valence-electron chi connectivity index (χ4n) is 2.84. The molecule has 2 N–H and O–H groups in total. The molecule has 4 rings (SSSR count). The van der Waals surface area contributed by atoms with E-state index in [2.05, 4.69) is 10.1 Å². The maximum Gasteiger partial charge on any atom is 0.163 e. The van der Waals surface area contributed by atoms with Crippen molar-refractivity contribution in [2.24, 2.45) is 0 Å². The average molecular weight is 314 g/mol. The number of hydrogen-bond acceptors (Lipinski definition) is 4. The molecule has 24 heavy (non-hydrogen) atoms. The van der Waals surface area contributed by atoms with Gasteiger partial charge in [-0.3, -0.25) is 4.79 Å². The lowest BCUT2D eigenvalue weighted by atomic mass is 10.0. The van der Waals surface area contributed by atoms with Crippen LogP contribution in [0.25, 0.3) is 28.0 Å². The maximum absolute atomic E-state index is 11.3. The summed E-state index contributed by atoms with van der Waals surface area (Å²) in [5.74, 6) is 0. The number of nitrogen functional groups attached to an aromatic ring is 1. The van der Waals surface area contributed by atoms with Crippen molar-refractivity contribution in [2.75, 3.05) is 5.73 Å². The third-order valence-corrected chi connectivity index (χ3v) is 3.96. The second-order valence-corrected chi connectivity index (χ2v) is 5.45. The molecule has 0 saturated heterocycles. The van der Waals surface area contributed by atoms with Gasteiger partial charge in [-0.2, -0.15) is 5.10 Å². The van der Waals surface area contributed by atoms with E-state index in [0.29, 0.717) is 16.9 Å². The molecule has 116 valence electrons. The van der Waals surface area contributed by atoms with E-state index in [0.717, 1.165) is 28.7 Å². The van der Waals surface area contributed by atoms with E-state index in [4.69, 9.17) is 5.73 Å². The predicted octanol–water partition coefficient (Wildman–Crippen LogP) is 3.46. The van der Waals surface area contributed by atoms with Gasteiger partial charge in [-0.05, 0) is 23.8 Å². The van der Waals surface area contributed by atoms with E-state index in [-0.39, 0.29) is 0 Å². The van der Waals surface area contributed by atoms with Crippen LogP contribution >= 0.6 is 0 Å². The van der Waals surface area contributed by atoms with E-state index in [9.17, 15) is 4.79 Å². The van der Waals surface area contributed by atoms with Crippen LogP contribution in [0.5, 0.6) is 0 Å². The third-order valence-electron chi connectivity index (χ3n) is 3.96. The van der Waals surface area contributed by atoms with Crippen molar-refractivity contribution in [2.45, 2.75) is 0 Å². The number of fused-ring (bicyclic) bond motifs is 1. The summed E-state index contributed by atoms with van der Waals surface area (Å²) in [6, 6.07) is 16.9. The molecule has 2 aromatic heterocycles. The van der Waals surface area contributed by atoms with Crippen molar-refractivity contribution in [3.63, 3.8) is 0 Å². The first-order valence-electron chi connectivity index (χ1n) is 7.51. The molecule has 2 heterocycles. The number of rotatable bonds is 3. The van der Waals surface area contributed by atoms with E-state index in [1.807, 2.05) is 48.5 Å². The van der Waals surface area contributed by atoms with Gasteiger partial charge < -0.3 is 5.73 Å². The van der Waals surface area contributed by atoms with Crippen molar-refractivity contribution in [1.82, 2.24) is 14.6 Å². The van der Waals surface area contributed by atoms with Gasteiger partial charge in [0.25, 0.3) is 0 Å². The quantitative estimate of drug-likeness (QED) is 0.464. The molecule has 0 saturated carbocycles. The van der Waals surface area contributed by atoms with Gasteiger partial charge in [-0.25, -0.2) is 9.50 Å². The summed E-state index contributed by atoms with van der Waals surface area (Å²) in [4.78, 5) is 15.8. The predicted molar refractivity (Wildman–Crippen MR) is 93.7 cm³/mol. The molecule has 0 bridgehead atoms. The van der Waals surface area contributed by atoms with Crippen molar-refractivity contribution in [1.29, 1.82) is 0 Å². The molecule has 5 heteroatoms. The summed E-state index contributed by atoms with van der Waals surface area (Å²) in [5.41, 5.74) is 11.4. The molecule has 0 spiro atoms. The Kier molecular flexibility index (Phi) is 3.31. The minimum Gasteiger partial charge on any atom is -0.399 e. The zero-order chi connectivity index (χ0) is 16.5. The highest BCUT2D eigenvalue weighted by Crippen LogP contribution is 2.29. The average Bonchev–Trinajstić information content (AvgIpc) is 3.05. The van der Waals surface area contributed by atoms with E-state index in [1.54, 1.807) is 23.0 Å². The van der Waals surface area contributed by atoms with Gasteiger partial charge in [0, 0.05) is 28.6 Å². The largest absolute Gasteiger partial charge is 0.399 e. The summed E-state index contributed by atoms with van der Waals surface area (Å²) in [7, 11) is 0. The van der Waals surface area contributed by atoms with Crippen LogP contribution in [0, 0.1) is 0 Å². The molecule has 0 fully saturated rings. The molecule has 2 aromatic carbocycles. The number of carbonyl (C=O) groups excluding carboxylic acids is 1. The van der Waals surface area contributed by atoms with Gasteiger partial charge >= 0.3 is 0 Å². The molecule has 0 aliphatic rings.